The van der Waals surface area contributed by atoms with Crippen molar-refractivity contribution in [2.45, 2.75) is 31.2 Å². The molecule has 0 aromatic heterocycles. The zero-order valence-corrected chi connectivity index (χ0v) is 16.6. The van der Waals surface area contributed by atoms with Gasteiger partial charge in [0.1, 0.15) is 11.5 Å². The summed E-state index contributed by atoms with van der Waals surface area (Å²) in [5.74, 6) is 2.54. The minimum Gasteiger partial charge on any atom is -0.497 e. The molecule has 0 fully saturated rings. The number of carbonyl (C=O) groups is 1. The number of rotatable bonds is 9. The maximum Gasteiger partial charge on any atom is 0.230 e. The lowest BCUT2D eigenvalue weighted by Gasteiger charge is -2.21. The SMILES string of the molecule is COc1ccc(SCC(=O)N[C@H](CC(C)C)c2ccc(OC)cc2)cc1. The van der Waals surface area contributed by atoms with E-state index in [0.717, 1.165) is 28.4 Å². The van der Waals surface area contributed by atoms with Crippen LogP contribution in [0.5, 0.6) is 11.5 Å². The lowest BCUT2D eigenvalue weighted by atomic mass is 9.97. The molecule has 0 saturated heterocycles. The lowest BCUT2D eigenvalue weighted by molar-refractivity contribution is -0.119. The first-order chi connectivity index (χ1) is 12.5. The molecule has 5 heteroatoms. The van der Waals surface area contributed by atoms with Crippen molar-refractivity contribution >= 4 is 17.7 Å². The molecule has 0 radical (unpaired) electrons. The molecule has 1 atom stereocenters. The fourth-order valence-electron chi connectivity index (χ4n) is 2.64. The summed E-state index contributed by atoms with van der Waals surface area (Å²) in [6.45, 7) is 4.32. The van der Waals surface area contributed by atoms with Gasteiger partial charge < -0.3 is 14.8 Å². The number of benzene rings is 2. The number of thioether (sulfide) groups is 1. The zero-order valence-electron chi connectivity index (χ0n) is 15.8. The maximum atomic E-state index is 12.4. The van der Waals surface area contributed by atoms with Crippen LogP contribution in [0, 0.1) is 5.92 Å². The van der Waals surface area contributed by atoms with E-state index in [1.165, 1.54) is 11.8 Å². The summed E-state index contributed by atoms with van der Waals surface area (Å²) in [7, 11) is 3.29. The Morgan fingerprint density at radius 3 is 2.00 bits per heavy atom. The number of amides is 1. The Balaban J connectivity index is 1.96. The van der Waals surface area contributed by atoms with E-state index in [0.29, 0.717) is 11.7 Å². The van der Waals surface area contributed by atoms with Crippen molar-refractivity contribution in [2.24, 2.45) is 5.92 Å². The van der Waals surface area contributed by atoms with Crippen LogP contribution in [0.2, 0.25) is 0 Å². The van der Waals surface area contributed by atoms with Gasteiger partial charge in [-0.25, -0.2) is 0 Å². The molecule has 0 spiro atoms. The monoisotopic (exact) mass is 373 g/mol. The number of carbonyl (C=O) groups excluding carboxylic acids is 1. The van der Waals surface area contributed by atoms with Crippen molar-refractivity contribution in [1.82, 2.24) is 5.32 Å². The number of methoxy groups -OCH3 is 2. The Kier molecular flexibility index (Phi) is 7.85. The molecule has 0 aliphatic heterocycles. The van der Waals surface area contributed by atoms with E-state index < -0.39 is 0 Å². The van der Waals surface area contributed by atoms with Crippen molar-refractivity contribution in [3.63, 3.8) is 0 Å². The molecular weight excluding hydrogens is 346 g/mol. The summed E-state index contributed by atoms with van der Waals surface area (Å²) in [5.41, 5.74) is 1.10. The average molecular weight is 374 g/mol. The van der Waals surface area contributed by atoms with Gasteiger partial charge in [-0.15, -0.1) is 11.8 Å². The second-order valence-electron chi connectivity index (χ2n) is 6.49. The number of ether oxygens (including phenoxy) is 2. The highest BCUT2D eigenvalue weighted by Crippen LogP contribution is 2.25. The van der Waals surface area contributed by atoms with Gasteiger partial charge in [0.05, 0.1) is 26.0 Å². The molecule has 0 aliphatic rings. The molecule has 0 aliphatic carbocycles. The average Bonchev–Trinajstić information content (AvgIpc) is 2.66. The molecule has 0 heterocycles. The normalized spacial score (nSPS) is 11.9. The van der Waals surface area contributed by atoms with E-state index in [-0.39, 0.29) is 11.9 Å². The van der Waals surface area contributed by atoms with Crippen LogP contribution in [0.25, 0.3) is 0 Å². The van der Waals surface area contributed by atoms with Gasteiger partial charge in [0.15, 0.2) is 0 Å². The summed E-state index contributed by atoms with van der Waals surface area (Å²) < 4.78 is 10.4. The number of nitrogens with one attached hydrogen (secondary N) is 1. The molecule has 2 aromatic carbocycles. The third-order valence-corrected chi connectivity index (χ3v) is 5.00. The first kappa shape index (κ1) is 20.2. The van der Waals surface area contributed by atoms with Crippen LogP contribution in [0.1, 0.15) is 31.9 Å². The van der Waals surface area contributed by atoms with Gasteiger partial charge in [0.2, 0.25) is 5.91 Å². The van der Waals surface area contributed by atoms with E-state index >= 15 is 0 Å². The van der Waals surface area contributed by atoms with Gasteiger partial charge in [0.25, 0.3) is 0 Å². The largest absolute Gasteiger partial charge is 0.497 e. The van der Waals surface area contributed by atoms with Gasteiger partial charge >= 0.3 is 0 Å². The van der Waals surface area contributed by atoms with Crippen molar-refractivity contribution in [3.05, 3.63) is 54.1 Å². The molecule has 2 rings (SSSR count). The highest BCUT2D eigenvalue weighted by Gasteiger charge is 2.16. The van der Waals surface area contributed by atoms with Gasteiger partial charge in [-0.05, 0) is 54.3 Å². The van der Waals surface area contributed by atoms with Gasteiger partial charge in [0, 0.05) is 4.90 Å². The predicted molar refractivity (Wildman–Crippen MR) is 107 cm³/mol. The van der Waals surface area contributed by atoms with E-state index in [1.54, 1.807) is 14.2 Å². The van der Waals surface area contributed by atoms with E-state index in [9.17, 15) is 4.79 Å². The third kappa shape index (κ3) is 6.30. The van der Waals surface area contributed by atoms with Crippen molar-refractivity contribution in [1.29, 1.82) is 0 Å². The molecule has 140 valence electrons. The minimum absolute atomic E-state index is 0.00451. The second-order valence-corrected chi connectivity index (χ2v) is 7.54. The highest BCUT2D eigenvalue weighted by molar-refractivity contribution is 8.00. The van der Waals surface area contributed by atoms with Crippen LogP contribution in [-0.4, -0.2) is 25.9 Å². The standard InChI is InChI=1S/C21H27NO3S/c1-15(2)13-20(16-5-7-17(24-3)8-6-16)22-21(23)14-26-19-11-9-18(25-4)10-12-19/h5-12,15,20H,13-14H2,1-4H3,(H,22,23)/t20-/m1/s1. The number of hydrogen-bond donors (Lipinski definition) is 1. The Morgan fingerprint density at radius 1 is 0.962 bits per heavy atom. The smallest absolute Gasteiger partial charge is 0.230 e. The van der Waals surface area contributed by atoms with Crippen LogP contribution in [0.3, 0.4) is 0 Å². The first-order valence-corrected chi connectivity index (χ1v) is 9.70. The molecule has 1 N–H and O–H groups in total. The summed E-state index contributed by atoms with van der Waals surface area (Å²) in [5, 5.41) is 3.17. The fourth-order valence-corrected chi connectivity index (χ4v) is 3.35. The van der Waals surface area contributed by atoms with Gasteiger partial charge in [-0.1, -0.05) is 26.0 Å². The Labute approximate surface area is 160 Å². The van der Waals surface area contributed by atoms with Crippen molar-refractivity contribution in [2.75, 3.05) is 20.0 Å². The van der Waals surface area contributed by atoms with E-state index in [4.69, 9.17) is 9.47 Å². The zero-order chi connectivity index (χ0) is 18.9. The van der Waals surface area contributed by atoms with Crippen LogP contribution in [0.4, 0.5) is 0 Å². The number of hydrogen-bond acceptors (Lipinski definition) is 4. The van der Waals surface area contributed by atoms with Crippen LogP contribution in [0.15, 0.2) is 53.4 Å². The molecule has 0 saturated carbocycles. The minimum atomic E-state index is 0.00451. The van der Waals surface area contributed by atoms with Crippen molar-refractivity contribution < 1.29 is 14.3 Å². The fraction of sp³-hybridized carbons (Fsp3) is 0.381. The molecule has 0 unspecified atom stereocenters. The van der Waals surface area contributed by atoms with Crippen LogP contribution in [-0.2, 0) is 4.79 Å². The lowest BCUT2D eigenvalue weighted by Crippen LogP contribution is -2.30. The second kappa shape index (κ2) is 10.1. The molecular formula is C21H27NO3S. The van der Waals surface area contributed by atoms with Gasteiger partial charge in [-0.2, -0.15) is 0 Å². The maximum absolute atomic E-state index is 12.4. The summed E-state index contributed by atoms with van der Waals surface area (Å²) in [4.78, 5) is 13.5. The highest BCUT2D eigenvalue weighted by atomic mass is 32.2. The van der Waals surface area contributed by atoms with Crippen LogP contribution >= 0.6 is 11.8 Å². The van der Waals surface area contributed by atoms with Crippen LogP contribution < -0.4 is 14.8 Å². The van der Waals surface area contributed by atoms with Gasteiger partial charge in [-0.3, -0.25) is 4.79 Å². The molecule has 4 nitrogen and oxygen atoms in total. The topological polar surface area (TPSA) is 47.6 Å². The molecule has 26 heavy (non-hydrogen) atoms. The van der Waals surface area contributed by atoms with E-state index in [2.05, 4.69) is 19.2 Å². The van der Waals surface area contributed by atoms with E-state index in [1.807, 2.05) is 48.5 Å². The summed E-state index contributed by atoms with van der Waals surface area (Å²) >= 11 is 1.52. The van der Waals surface area contributed by atoms with Crippen molar-refractivity contribution in [3.8, 4) is 11.5 Å². The molecule has 1 amide bonds. The third-order valence-electron chi connectivity index (χ3n) is 3.99. The predicted octanol–water partition coefficient (Wildman–Crippen LogP) is 4.70. The summed E-state index contributed by atoms with van der Waals surface area (Å²) in [6.07, 6.45) is 0.894. The first-order valence-electron chi connectivity index (χ1n) is 8.72. The Bertz CT molecular complexity index is 683. The summed E-state index contributed by atoms with van der Waals surface area (Å²) in [6, 6.07) is 15.6. The molecule has 2 aromatic rings. The Hall–Kier alpha value is -2.14. The quantitative estimate of drug-likeness (QED) is 0.647. The molecule has 0 bridgehead atoms. The Morgan fingerprint density at radius 2 is 1.50 bits per heavy atom.